The van der Waals surface area contributed by atoms with Crippen LogP contribution in [0, 0.1) is 11.3 Å². The molecule has 2 aliphatic rings. The van der Waals surface area contributed by atoms with Gasteiger partial charge in [0.05, 0.1) is 23.3 Å². The summed E-state index contributed by atoms with van der Waals surface area (Å²) in [6.45, 7) is 0. The summed E-state index contributed by atoms with van der Waals surface area (Å²) in [6, 6.07) is 5.55. The Bertz CT molecular complexity index is 1250. The standard InChI is InChI=1S/C14H17N3O2S.C12H13ClN2O/c15-11-10-9(19-8-4-2-1-3-5-8)6-7-17-14(10)20-12(11)13(16)18;13-12-10(8-14)11(6-7-15-12)16-9-4-2-1-3-5-9/h6-8H,1-5,15H2,(H2,16,18);6-7,9H,1-5H2. The first-order chi connectivity index (χ1) is 17.5. The molecule has 3 aromatic heterocycles. The van der Waals surface area contributed by atoms with E-state index in [1.54, 1.807) is 18.5 Å². The zero-order valence-corrected chi connectivity index (χ0v) is 21.6. The third-order valence-corrected chi connectivity index (χ3v) is 7.90. The highest BCUT2D eigenvalue weighted by molar-refractivity contribution is 7.21. The average Bonchev–Trinajstić information content (AvgIpc) is 3.24. The van der Waals surface area contributed by atoms with E-state index in [2.05, 4.69) is 9.97 Å². The first-order valence-corrected chi connectivity index (χ1v) is 13.5. The van der Waals surface area contributed by atoms with E-state index in [4.69, 9.17) is 37.8 Å². The minimum atomic E-state index is -0.519. The summed E-state index contributed by atoms with van der Waals surface area (Å²) < 4.78 is 11.9. The number of carbonyl (C=O) groups excluding carboxylic acids is 1. The minimum Gasteiger partial charge on any atom is -0.490 e. The molecule has 4 N–H and O–H groups in total. The fraction of sp³-hybridized carbons (Fsp3) is 0.462. The topological polar surface area (TPSA) is 137 Å². The molecule has 36 heavy (non-hydrogen) atoms. The molecule has 0 aromatic carbocycles. The van der Waals surface area contributed by atoms with E-state index in [0.717, 1.165) is 31.1 Å². The molecule has 2 fully saturated rings. The van der Waals surface area contributed by atoms with Gasteiger partial charge < -0.3 is 20.9 Å². The number of anilines is 1. The van der Waals surface area contributed by atoms with Crippen molar-refractivity contribution in [1.82, 2.24) is 9.97 Å². The van der Waals surface area contributed by atoms with Gasteiger partial charge in [0.15, 0.2) is 5.15 Å². The Morgan fingerprint density at radius 3 is 2.11 bits per heavy atom. The molecule has 0 saturated heterocycles. The lowest BCUT2D eigenvalue weighted by Crippen LogP contribution is -2.20. The number of aromatic nitrogens is 2. The molecule has 0 bridgehead atoms. The van der Waals surface area contributed by atoms with E-state index in [0.29, 0.717) is 32.5 Å². The number of nitrogens with two attached hydrogens (primary N) is 2. The summed E-state index contributed by atoms with van der Waals surface area (Å²) in [7, 11) is 0. The fourth-order valence-electron chi connectivity index (χ4n) is 4.64. The minimum absolute atomic E-state index is 0.218. The number of hydrogen-bond acceptors (Lipinski definition) is 8. The second-order valence-electron chi connectivity index (χ2n) is 9.04. The molecule has 0 spiro atoms. The zero-order valence-electron chi connectivity index (χ0n) is 20.0. The highest BCUT2D eigenvalue weighted by Crippen LogP contribution is 2.39. The number of halogens is 1. The van der Waals surface area contributed by atoms with Crippen LogP contribution in [-0.2, 0) is 0 Å². The number of hydrogen-bond donors (Lipinski definition) is 2. The monoisotopic (exact) mass is 527 g/mol. The molecule has 10 heteroatoms. The molecule has 8 nitrogen and oxygen atoms in total. The van der Waals surface area contributed by atoms with Crippen molar-refractivity contribution in [3.8, 4) is 17.6 Å². The van der Waals surface area contributed by atoms with Crippen molar-refractivity contribution >= 4 is 44.7 Å². The van der Waals surface area contributed by atoms with Crippen LogP contribution >= 0.6 is 22.9 Å². The number of nitrogen functional groups attached to an aromatic ring is 1. The van der Waals surface area contributed by atoms with E-state index in [1.807, 2.05) is 12.1 Å². The van der Waals surface area contributed by atoms with Gasteiger partial charge in [-0.3, -0.25) is 4.79 Å². The molecule has 0 unspecified atom stereocenters. The van der Waals surface area contributed by atoms with E-state index in [1.165, 1.54) is 49.9 Å². The van der Waals surface area contributed by atoms with Gasteiger partial charge in [-0.1, -0.05) is 24.4 Å². The summed E-state index contributed by atoms with van der Waals surface area (Å²) in [5.41, 5.74) is 12.1. The lowest BCUT2D eigenvalue weighted by Gasteiger charge is -2.23. The molecule has 190 valence electrons. The van der Waals surface area contributed by atoms with Crippen LogP contribution in [0.5, 0.6) is 11.5 Å². The first-order valence-electron chi connectivity index (χ1n) is 12.3. The molecule has 3 heterocycles. The SMILES string of the molecule is N#Cc1c(OC2CCCCC2)ccnc1Cl.NC(=O)c1sc2nccc(OC3CCCCC3)c2c1N. The Morgan fingerprint density at radius 2 is 1.53 bits per heavy atom. The van der Waals surface area contributed by atoms with Crippen LogP contribution in [0.15, 0.2) is 24.5 Å². The van der Waals surface area contributed by atoms with Gasteiger partial charge in [0, 0.05) is 12.4 Å². The number of thiophene rings is 1. The van der Waals surface area contributed by atoms with E-state index >= 15 is 0 Å². The molecule has 1 amide bonds. The van der Waals surface area contributed by atoms with Crippen LogP contribution in [0.2, 0.25) is 5.15 Å². The summed E-state index contributed by atoms with van der Waals surface area (Å²) >= 11 is 7.05. The Kier molecular flexibility index (Phi) is 8.83. The molecule has 2 saturated carbocycles. The van der Waals surface area contributed by atoms with Gasteiger partial charge >= 0.3 is 0 Å². The van der Waals surface area contributed by atoms with Gasteiger partial charge in [-0.05, 0) is 63.5 Å². The number of carbonyl (C=O) groups is 1. The number of pyridine rings is 2. The van der Waals surface area contributed by atoms with Crippen molar-refractivity contribution in [2.75, 3.05) is 5.73 Å². The zero-order chi connectivity index (χ0) is 25.5. The second kappa shape index (κ2) is 12.2. The van der Waals surface area contributed by atoms with E-state index < -0.39 is 5.91 Å². The smallest absolute Gasteiger partial charge is 0.260 e. The number of ether oxygens (including phenoxy) is 2. The molecule has 0 radical (unpaired) electrons. The summed E-state index contributed by atoms with van der Waals surface area (Å²) in [5, 5.41) is 9.91. The van der Waals surface area contributed by atoms with Crippen LogP contribution < -0.4 is 20.9 Å². The van der Waals surface area contributed by atoms with Gasteiger partial charge in [0.25, 0.3) is 5.91 Å². The fourth-order valence-corrected chi connectivity index (χ4v) is 5.77. The summed E-state index contributed by atoms with van der Waals surface area (Å²) in [6.07, 6.45) is 15.3. The molecule has 5 rings (SSSR count). The summed E-state index contributed by atoms with van der Waals surface area (Å²) in [5.74, 6) is 0.756. The number of rotatable bonds is 5. The number of nitriles is 1. The van der Waals surface area contributed by atoms with E-state index in [-0.39, 0.29) is 17.4 Å². The first kappa shape index (κ1) is 26.0. The molecule has 2 aliphatic carbocycles. The molecule has 0 aliphatic heterocycles. The van der Waals surface area contributed by atoms with Crippen molar-refractivity contribution in [1.29, 1.82) is 5.26 Å². The van der Waals surface area contributed by atoms with Crippen molar-refractivity contribution in [3.05, 3.63) is 40.1 Å². The van der Waals surface area contributed by atoms with Crippen LogP contribution in [-0.4, -0.2) is 28.1 Å². The van der Waals surface area contributed by atoms with Crippen LogP contribution in [0.4, 0.5) is 5.69 Å². The lowest BCUT2D eigenvalue weighted by molar-refractivity contribution is 0.100. The average molecular weight is 528 g/mol. The van der Waals surface area contributed by atoms with Gasteiger partial charge in [-0.2, -0.15) is 5.26 Å². The number of primary amides is 1. The molecule has 3 aromatic rings. The van der Waals surface area contributed by atoms with Crippen molar-refractivity contribution in [3.63, 3.8) is 0 Å². The van der Waals surface area contributed by atoms with Gasteiger partial charge in [-0.15, -0.1) is 11.3 Å². The predicted octanol–water partition coefficient (Wildman–Crippen LogP) is 6.01. The highest BCUT2D eigenvalue weighted by Gasteiger charge is 2.21. The van der Waals surface area contributed by atoms with Crippen molar-refractivity contribution in [2.45, 2.75) is 76.4 Å². The normalized spacial score (nSPS) is 16.6. The van der Waals surface area contributed by atoms with Crippen molar-refractivity contribution in [2.24, 2.45) is 5.73 Å². The second-order valence-corrected chi connectivity index (χ2v) is 10.4. The summed E-state index contributed by atoms with van der Waals surface area (Å²) in [4.78, 5) is 20.5. The maximum atomic E-state index is 11.4. The van der Waals surface area contributed by atoms with Gasteiger partial charge in [0.1, 0.15) is 32.8 Å². The Hall–Kier alpha value is -3.09. The number of nitrogens with zero attached hydrogens (tertiary/aromatic N) is 3. The quantitative estimate of drug-likeness (QED) is 0.387. The van der Waals surface area contributed by atoms with Crippen LogP contribution in [0.25, 0.3) is 10.2 Å². The van der Waals surface area contributed by atoms with Gasteiger partial charge in [0.2, 0.25) is 0 Å². The molecular formula is C26H30ClN5O3S. The maximum Gasteiger partial charge on any atom is 0.260 e. The highest BCUT2D eigenvalue weighted by atomic mass is 35.5. The van der Waals surface area contributed by atoms with Crippen LogP contribution in [0.3, 0.4) is 0 Å². The number of amides is 1. The third kappa shape index (κ3) is 6.18. The largest absolute Gasteiger partial charge is 0.490 e. The lowest BCUT2D eigenvalue weighted by atomic mass is 9.98. The Morgan fingerprint density at radius 1 is 0.972 bits per heavy atom. The Labute approximate surface area is 219 Å². The maximum absolute atomic E-state index is 11.4. The molecule has 0 atom stereocenters. The van der Waals surface area contributed by atoms with E-state index in [9.17, 15) is 4.79 Å². The molecular weight excluding hydrogens is 498 g/mol. The Balaban J connectivity index is 0.000000174. The predicted molar refractivity (Wildman–Crippen MR) is 142 cm³/mol. The van der Waals surface area contributed by atoms with Gasteiger partial charge in [-0.25, -0.2) is 9.97 Å². The van der Waals surface area contributed by atoms with Crippen LogP contribution in [0.1, 0.15) is 79.4 Å². The van der Waals surface area contributed by atoms with Crippen molar-refractivity contribution < 1.29 is 14.3 Å². The number of fused-ring (bicyclic) bond motifs is 1. The third-order valence-electron chi connectivity index (χ3n) is 6.48.